The molecule has 0 saturated heterocycles. The smallest absolute Gasteiger partial charge is 0.337 e. The van der Waals surface area contributed by atoms with E-state index in [2.05, 4.69) is 9.46 Å². The Labute approximate surface area is 143 Å². The van der Waals surface area contributed by atoms with Crippen LogP contribution in [0.25, 0.3) is 0 Å². The van der Waals surface area contributed by atoms with Gasteiger partial charge >= 0.3 is 5.97 Å². The first-order chi connectivity index (χ1) is 10.4. The van der Waals surface area contributed by atoms with Gasteiger partial charge in [-0.2, -0.15) is 0 Å². The van der Waals surface area contributed by atoms with E-state index in [1.54, 1.807) is 24.3 Å². The van der Waals surface area contributed by atoms with Crippen molar-refractivity contribution in [2.45, 2.75) is 31.1 Å². The molecule has 1 aliphatic rings. The van der Waals surface area contributed by atoms with E-state index in [9.17, 15) is 13.2 Å². The molecule has 3 N–H and O–H groups in total. The Bertz CT molecular complexity index is 636. The summed E-state index contributed by atoms with van der Waals surface area (Å²) in [5, 5.41) is 0. The van der Waals surface area contributed by atoms with Gasteiger partial charge in [-0.25, -0.2) is 17.9 Å². The predicted octanol–water partition coefficient (Wildman–Crippen LogP) is 1.44. The lowest BCUT2D eigenvalue weighted by atomic mass is 10.1. The fraction of sp³-hybridized carbons (Fsp3) is 0.533. The molecule has 1 aliphatic carbocycles. The minimum absolute atomic E-state index is 0. The molecule has 2 atom stereocenters. The molecule has 1 aromatic rings. The van der Waals surface area contributed by atoms with Crippen molar-refractivity contribution in [3.8, 4) is 0 Å². The van der Waals surface area contributed by atoms with Crippen molar-refractivity contribution in [2.75, 3.05) is 13.7 Å². The maximum Gasteiger partial charge on any atom is 0.337 e. The average molecular weight is 363 g/mol. The van der Waals surface area contributed by atoms with Gasteiger partial charge in [0.1, 0.15) is 0 Å². The molecule has 0 radical (unpaired) electrons. The van der Waals surface area contributed by atoms with E-state index in [-0.39, 0.29) is 30.1 Å². The third-order valence-electron chi connectivity index (χ3n) is 4.00. The van der Waals surface area contributed by atoms with Gasteiger partial charge in [-0.3, -0.25) is 0 Å². The van der Waals surface area contributed by atoms with Crippen LogP contribution in [0.3, 0.4) is 0 Å². The Balaban J connectivity index is 0.00000264. The molecule has 0 aliphatic heterocycles. The van der Waals surface area contributed by atoms with E-state index in [0.29, 0.717) is 17.7 Å². The van der Waals surface area contributed by atoms with Crippen molar-refractivity contribution >= 4 is 28.4 Å². The second-order valence-corrected chi connectivity index (χ2v) is 7.36. The number of benzene rings is 1. The molecule has 0 amide bonds. The molecule has 1 fully saturated rings. The van der Waals surface area contributed by atoms with E-state index in [4.69, 9.17) is 5.73 Å². The summed E-state index contributed by atoms with van der Waals surface area (Å²) in [6.07, 6.45) is 2.78. The van der Waals surface area contributed by atoms with Crippen molar-refractivity contribution in [1.29, 1.82) is 0 Å². The highest BCUT2D eigenvalue weighted by Gasteiger charge is 2.29. The van der Waals surface area contributed by atoms with Crippen LogP contribution >= 0.6 is 12.4 Å². The minimum atomic E-state index is -3.47. The summed E-state index contributed by atoms with van der Waals surface area (Å²) >= 11 is 0. The van der Waals surface area contributed by atoms with Gasteiger partial charge in [-0.05, 0) is 43.0 Å². The number of hydrogen-bond donors (Lipinski definition) is 2. The summed E-state index contributed by atoms with van der Waals surface area (Å²) in [5.74, 6) is -0.437. The second-order valence-electron chi connectivity index (χ2n) is 5.60. The number of carbonyl (C=O) groups excluding carboxylic acids is 1. The molecule has 2 rings (SSSR count). The molecule has 8 heteroatoms. The lowest BCUT2D eigenvalue weighted by molar-refractivity contribution is 0.0600. The van der Waals surface area contributed by atoms with Gasteiger partial charge in [-0.1, -0.05) is 18.6 Å². The Morgan fingerprint density at radius 2 is 2.13 bits per heavy atom. The molecule has 2 unspecified atom stereocenters. The number of halogens is 1. The van der Waals surface area contributed by atoms with Gasteiger partial charge in [-0.15, -0.1) is 12.4 Å². The molecular formula is C15H23ClN2O4S. The van der Waals surface area contributed by atoms with Gasteiger partial charge in [0, 0.05) is 6.04 Å². The van der Waals surface area contributed by atoms with Gasteiger partial charge < -0.3 is 10.5 Å². The van der Waals surface area contributed by atoms with Crippen LogP contribution in [0.5, 0.6) is 0 Å². The first-order valence-electron chi connectivity index (χ1n) is 7.32. The van der Waals surface area contributed by atoms with E-state index < -0.39 is 16.0 Å². The Kier molecular flexibility index (Phi) is 7.47. The maximum atomic E-state index is 12.3. The van der Waals surface area contributed by atoms with Crippen molar-refractivity contribution in [3.63, 3.8) is 0 Å². The number of hydrogen-bond acceptors (Lipinski definition) is 5. The molecule has 1 saturated carbocycles. The largest absolute Gasteiger partial charge is 0.465 e. The van der Waals surface area contributed by atoms with Gasteiger partial charge in [0.15, 0.2) is 0 Å². The third-order valence-corrected chi connectivity index (χ3v) is 5.37. The number of esters is 1. The number of rotatable bonds is 6. The molecule has 0 aromatic heterocycles. The van der Waals surface area contributed by atoms with Crippen molar-refractivity contribution in [2.24, 2.45) is 11.7 Å². The summed E-state index contributed by atoms with van der Waals surface area (Å²) < 4.78 is 32.0. The van der Waals surface area contributed by atoms with E-state index in [1.807, 2.05) is 0 Å². The summed E-state index contributed by atoms with van der Waals surface area (Å²) in [6.45, 7) is 0.491. The lowest BCUT2D eigenvalue weighted by Crippen LogP contribution is -2.40. The average Bonchev–Trinajstić information content (AvgIpc) is 2.92. The number of methoxy groups -OCH3 is 1. The highest BCUT2D eigenvalue weighted by atomic mass is 35.5. The summed E-state index contributed by atoms with van der Waals surface area (Å²) in [4.78, 5) is 11.5. The van der Waals surface area contributed by atoms with E-state index >= 15 is 0 Å². The van der Waals surface area contributed by atoms with Crippen LogP contribution in [0.15, 0.2) is 24.3 Å². The Morgan fingerprint density at radius 3 is 2.78 bits per heavy atom. The standard InChI is InChI=1S/C15H22N2O4S.ClH/c1-21-15(18)12-5-2-4-11(8-12)10-22(19,20)17-14-7-3-6-13(14)9-16;/h2,4-5,8,13-14,17H,3,6-7,9-10,16H2,1H3;1H. The Morgan fingerprint density at radius 1 is 1.39 bits per heavy atom. The summed E-state index contributed by atoms with van der Waals surface area (Å²) in [7, 11) is -2.18. The van der Waals surface area contributed by atoms with Crippen LogP contribution in [0.2, 0.25) is 0 Å². The fourth-order valence-electron chi connectivity index (χ4n) is 2.87. The van der Waals surface area contributed by atoms with Crippen LogP contribution < -0.4 is 10.5 Å². The van der Waals surface area contributed by atoms with Crippen LogP contribution in [0, 0.1) is 5.92 Å². The maximum absolute atomic E-state index is 12.3. The molecule has 0 bridgehead atoms. The summed E-state index contributed by atoms with van der Waals surface area (Å²) in [5.41, 5.74) is 6.57. The number of sulfonamides is 1. The third kappa shape index (κ3) is 5.46. The van der Waals surface area contributed by atoms with Crippen molar-refractivity contribution in [3.05, 3.63) is 35.4 Å². The molecule has 130 valence electrons. The normalized spacial score (nSPS) is 20.8. The van der Waals surface area contributed by atoms with Crippen LogP contribution in [-0.4, -0.2) is 34.1 Å². The zero-order valence-corrected chi connectivity index (χ0v) is 14.7. The topological polar surface area (TPSA) is 98.5 Å². The Hall–Kier alpha value is -1.15. The number of carbonyl (C=O) groups is 1. The van der Waals surface area contributed by atoms with E-state index in [0.717, 1.165) is 19.3 Å². The van der Waals surface area contributed by atoms with Crippen LogP contribution in [-0.2, 0) is 20.5 Å². The number of nitrogens with two attached hydrogens (primary N) is 1. The van der Waals surface area contributed by atoms with Crippen LogP contribution in [0.4, 0.5) is 0 Å². The predicted molar refractivity (Wildman–Crippen MR) is 91.0 cm³/mol. The lowest BCUT2D eigenvalue weighted by Gasteiger charge is -2.19. The highest BCUT2D eigenvalue weighted by molar-refractivity contribution is 7.88. The highest BCUT2D eigenvalue weighted by Crippen LogP contribution is 2.25. The van der Waals surface area contributed by atoms with Crippen molar-refractivity contribution < 1.29 is 17.9 Å². The number of nitrogens with one attached hydrogen (secondary N) is 1. The zero-order chi connectivity index (χ0) is 16.2. The zero-order valence-electron chi connectivity index (χ0n) is 13.0. The van der Waals surface area contributed by atoms with Crippen molar-refractivity contribution in [1.82, 2.24) is 4.72 Å². The quantitative estimate of drug-likeness (QED) is 0.746. The fourth-order valence-corrected chi connectivity index (χ4v) is 4.35. The minimum Gasteiger partial charge on any atom is -0.465 e. The SMILES string of the molecule is COC(=O)c1cccc(CS(=O)(=O)NC2CCCC2CN)c1.Cl. The first-order valence-corrected chi connectivity index (χ1v) is 8.97. The number of ether oxygens (including phenoxy) is 1. The van der Waals surface area contributed by atoms with Gasteiger partial charge in [0.2, 0.25) is 10.0 Å². The molecular weight excluding hydrogens is 340 g/mol. The molecule has 6 nitrogen and oxygen atoms in total. The van der Waals surface area contributed by atoms with Gasteiger partial charge in [0.25, 0.3) is 0 Å². The summed E-state index contributed by atoms with van der Waals surface area (Å²) in [6, 6.07) is 6.38. The molecule has 23 heavy (non-hydrogen) atoms. The van der Waals surface area contributed by atoms with Crippen LogP contribution in [0.1, 0.15) is 35.2 Å². The molecule has 0 spiro atoms. The van der Waals surface area contributed by atoms with Gasteiger partial charge in [0.05, 0.1) is 18.4 Å². The second kappa shape index (κ2) is 8.63. The molecule has 0 heterocycles. The first kappa shape index (κ1) is 19.9. The molecule has 1 aromatic carbocycles. The van der Waals surface area contributed by atoms with E-state index in [1.165, 1.54) is 7.11 Å². The monoisotopic (exact) mass is 362 g/mol.